The Hall–Kier alpha value is -3.92. The van der Waals surface area contributed by atoms with Gasteiger partial charge in [0.1, 0.15) is 6.07 Å². The number of aromatic nitrogens is 3. The van der Waals surface area contributed by atoms with Gasteiger partial charge in [0.25, 0.3) is 5.89 Å². The molecule has 1 N–H and O–H groups in total. The normalized spacial score (nSPS) is 10.9. The minimum Gasteiger partial charge on any atom is -0.466 e. The molecule has 4 aromatic rings. The molecule has 0 radical (unpaired) electrons. The number of esters is 1. The van der Waals surface area contributed by atoms with Crippen LogP contribution in [0.5, 0.6) is 0 Å². The highest BCUT2D eigenvalue weighted by Crippen LogP contribution is 2.29. The summed E-state index contributed by atoms with van der Waals surface area (Å²) in [6, 6.07) is 13.8. The maximum Gasteiger partial charge on any atom is 0.306 e. The van der Waals surface area contributed by atoms with Gasteiger partial charge in [0, 0.05) is 28.6 Å². The van der Waals surface area contributed by atoms with Crippen molar-refractivity contribution >= 4 is 16.9 Å². The van der Waals surface area contributed by atoms with E-state index in [1.54, 1.807) is 13.0 Å². The number of nitrogens with one attached hydrogen (secondary N) is 1. The Morgan fingerprint density at radius 3 is 2.81 bits per heavy atom. The summed E-state index contributed by atoms with van der Waals surface area (Å²) in [5.41, 5.74) is 5.90. The van der Waals surface area contributed by atoms with Crippen LogP contribution in [0.15, 0.2) is 40.9 Å². The van der Waals surface area contributed by atoms with Crippen molar-refractivity contribution in [1.29, 1.82) is 5.26 Å². The van der Waals surface area contributed by atoms with Crippen LogP contribution in [0, 0.1) is 25.2 Å². The molecule has 7 heteroatoms. The number of rotatable bonds is 6. The molecule has 7 nitrogen and oxygen atoms in total. The quantitative estimate of drug-likeness (QED) is 0.451. The van der Waals surface area contributed by atoms with Crippen LogP contribution in [0.25, 0.3) is 33.7 Å². The second-order valence-corrected chi connectivity index (χ2v) is 7.43. The second-order valence-electron chi connectivity index (χ2n) is 7.43. The molecule has 31 heavy (non-hydrogen) atoms. The topological polar surface area (TPSA) is 105 Å². The van der Waals surface area contributed by atoms with E-state index in [0.29, 0.717) is 42.3 Å². The van der Waals surface area contributed by atoms with E-state index < -0.39 is 0 Å². The summed E-state index contributed by atoms with van der Waals surface area (Å²) < 4.78 is 10.5. The van der Waals surface area contributed by atoms with Gasteiger partial charge < -0.3 is 14.2 Å². The van der Waals surface area contributed by atoms with Gasteiger partial charge in [-0.05, 0) is 56.5 Å². The van der Waals surface area contributed by atoms with E-state index in [0.717, 1.165) is 33.3 Å². The summed E-state index contributed by atoms with van der Waals surface area (Å²) in [5, 5.41) is 14.6. The van der Waals surface area contributed by atoms with Crippen molar-refractivity contribution in [2.24, 2.45) is 0 Å². The SMILES string of the molecule is CCOC(=O)CCc1ccc(-c2noc(-c3cc(C#N)c4[nH]c(C)cc4c3)n2)c(C)c1. The predicted molar refractivity (Wildman–Crippen MR) is 116 cm³/mol. The van der Waals surface area contributed by atoms with E-state index in [1.807, 2.05) is 44.2 Å². The average Bonchev–Trinajstić information content (AvgIpc) is 3.38. The largest absolute Gasteiger partial charge is 0.466 e. The number of ether oxygens (including phenoxy) is 1. The molecular formula is C24H22N4O3. The number of hydrogen-bond donors (Lipinski definition) is 1. The minimum atomic E-state index is -0.196. The number of nitrogens with zero attached hydrogens (tertiary/aromatic N) is 3. The van der Waals surface area contributed by atoms with Crippen LogP contribution in [-0.4, -0.2) is 27.7 Å². The van der Waals surface area contributed by atoms with Crippen LogP contribution in [0.2, 0.25) is 0 Å². The Labute approximate surface area is 179 Å². The number of fused-ring (bicyclic) bond motifs is 1. The van der Waals surface area contributed by atoms with Crippen molar-refractivity contribution in [1.82, 2.24) is 15.1 Å². The molecule has 0 unspecified atom stereocenters. The van der Waals surface area contributed by atoms with Crippen LogP contribution >= 0.6 is 0 Å². The first-order chi connectivity index (χ1) is 15.0. The van der Waals surface area contributed by atoms with Gasteiger partial charge in [-0.2, -0.15) is 10.2 Å². The van der Waals surface area contributed by atoms with Gasteiger partial charge in [-0.15, -0.1) is 0 Å². The Balaban J connectivity index is 1.60. The number of carbonyl (C=O) groups is 1. The standard InChI is InChI=1S/C24H22N4O3/c1-4-30-21(29)8-6-16-5-7-20(14(2)9-16)23-27-24(31-28-23)18-11-17-10-15(3)26-22(17)19(12-18)13-25/h5,7,9-12,26H,4,6,8H2,1-3H3. The third-order valence-electron chi connectivity index (χ3n) is 5.11. The molecule has 4 rings (SSSR count). The number of H-pyrrole nitrogens is 1. The lowest BCUT2D eigenvalue weighted by molar-refractivity contribution is -0.143. The molecule has 0 saturated heterocycles. The monoisotopic (exact) mass is 414 g/mol. The third kappa shape index (κ3) is 4.19. The van der Waals surface area contributed by atoms with Gasteiger partial charge >= 0.3 is 5.97 Å². The molecule has 0 aliphatic heterocycles. The number of benzene rings is 2. The highest BCUT2D eigenvalue weighted by Gasteiger charge is 2.16. The van der Waals surface area contributed by atoms with Crippen LogP contribution in [0.3, 0.4) is 0 Å². The molecule has 2 aromatic carbocycles. The second kappa shape index (κ2) is 8.44. The fourth-order valence-electron chi connectivity index (χ4n) is 3.66. The number of nitriles is 1. The number of aryl methyl sites for hydroxylation is 3. The number of hydrogen-bond acceptors (Lipinski definition) is 6. The van der Waals surface area contributed by atoms with Crippen LogP contribution < -0.4 is 0 Å². The van der Waals surface area contributed by atoms with Gasteiger partial charge in [-0.25, -0.2) is 0 Å². The van der Waals surface area contributed by atoms with E-state index >= 15 is 0 Å². The van der Waals surface area contributed by atoms with Gasteiger partial charge in [-0.1, -0.05) is 23.4 Å². The van der Waals surface area contributed by atoms with Crippen LogP contribution in [0.4, 0.5) is 0 Å². The lowest BCUT2D eigenvalue weighted by Crippen LogP contribution is -2.05. The van der Waals surface area contributed by atoms with E-state index in [9.17, 15) is 10.1 Å². The lowest BCUT2D eigenvalue weighted by Gasteiger charge is -2.06. The molecule has 0 saturated carbocycles. The smallest absolute Gasteiger partial charge is 0.306 e. The summed E-state index contributed by atoms with van der Waals surface area (Å²) in [6.45, 7) is 6.12. The van der Waals surface area contributed by atoms with E-state index in [-0.39, 0.29) is 5.97 Å². The predicted octanol–water partition coefficient (Wildman–Crippen LogP) is 4.87. The summed E-state index contributed by atoms with van der Waals surface area (Å²) in [4.78, 5) is 19.3. The molecule has 2 heterocycles. The maximum atomic E-state index is 11.6. The van der Waals surface area contributed by atoms with E-state index in [2.05, 4.69) is 21.2 Å². The highest BCUT2D eigenvalue weighted by molar-refractivity contribution is 5.89. The zero-order valence-corrected chi connectivity index (χ0v) is 17.7. The molecule has 2 aromatic heterocycles. The van der Waals surface area contributed by atoms with Crippen molar-refractivity contribution in [3.63, 3.8) is 0 Å². The van der Waals surface area contributed by atoms with E-state index in [1.165, 1.54) is 0 Å². The zero-order valence-electron chi connectivity index (χ0n) is 17.7. The molecule has 0 fully saturated rings. The summed E-state index contributed by atoms with van der Waals surface area (Å²) in [6.07, 6.45) is 0.964. The molecule has 0 bridgehead atoms. The van der Waals surface area contributed by atoms with Crippen LogP contribution in [0.1, 0.15) is 35.7 Å². The van der Waals surface area contributed by atoms with Crippen molar-refractivity contribution in [2.75, 3.05) is 6.61 Å². The molecule has 0 aliphatic rings. The Morgan fingerprint density at radius 1 is 1.23 bits per heavy atom. The van der Waals surface area contributed by atoms with Crippen molar-refractivity contribution in [2.45, 2.75) is 33.6 Å². The molecule has 156 valence electrons. The maximum absolute atomic E-state index is 11.6. The van der Waals surface area contributed by atoms with Gasteiger partial charge in [0.2, 0.25) is 5.82 Å². The first-order valence-corrected chi connectivity index (χ1v) is 10.1. The number of carbonyl (C=O) groups excluding carboxylic acids is 1. The zero-order chi connectivity index (χ0) is 22.0. The first-order valence-electron chi connectivity index (χ1n) is 10.1. The first kappa shape index (κ1) is 20.4. The summed E-state index contributed by atoms with van der Waals surface area (Å²) in [5.74, 6) is 0.643. The molecule has 0 spiro atoms. The fourth-order valence-corrected chi connectivity index (χ4v) is 3.66. The van der Waals surface area contributed by atoms with Crippen molar-refractivity contribution in [3.8, 4) is 28.9 Å². The Kier molecular flexibility index (Phi) is 5.54. The van der Waals surface area contributed by atoms with Crippen molar-refractivity contribution < 1.29 is 14.1 Å². The fraction of sp³-hybridized carbons (Fsp3) is 0.250. The minimum absolute atomic E-state index is 0.196. The third-order valence-corrected chi connectivity index (χ3v) is 5.11. The molecule has 0 amide bonds. The Morgan fingerprint density at radius 2 is 2.06 bits per heavy atom. The van der Waals surface area contributed by atoms with Gasteiger partial charge in [-0.3, -0.25) is 4.79 Å². The molecule has 0 atom stereocenters. The van der Waals surface area contributed by atoms with Crippen molar-refractivity contribution in [3.05, 3.63) is 58.8 Å². The van der Waals surface area contributed by atoms with Crippen LogP contribution in [-0.2, 0) is 16.0 Å². The average molecular weight is 414 g/mol. The molecule has 0 aliphatic carbocycles. The Bertz CT molecular complexity index is 1310. The molecular weight excluding hydrogens is 392 g/mol. The lowest BCUT2D eigenvalue weighted by atomic mass is 10.0. The van der Waals surface area contributed by atoms with E-state index in [4.69, 9.17) is 9.26 Å². The number of aromatic amines is 1. The summed E-state index contributed by atoms with van der Waals surface area (Å²) in [7, 11) is 0. The van der Waals surface area contributed by atoms with Gasteiger partial charge in [0.15, 0.2) is 0 Å². The van der Waals surface area contributed by atoms with Gasteiger partial charge in [0.05, 0.1) is 17.7 Å². The summed E-state index contributed by atoms with van der Waals surface area (Å²) >= 11 is 0. The highest BCUT2D eigenvalue weighted by atomic mass is 16.5.